The number of halogens is 1. The number of carboxylic acid groups (broad SMARTS) is 1. The number of nitrogens with zero attached hydrogens (tertiary/aromatic N) is 1. The van der Waals surface area contributed by atoms with Crippen molar-refractivity contribution in [1.82, 2.24) is 4.90 Å². The summed E-state index contributed by atoms with van der Waals surface area (Å²) < 4.78 is 18.6. The van der Waals surface area contributed by atoms with Crippen molar-refractivity contribution in [3.63, 3.8) is 0 Å². The standard InChI is InChI=1S/C15H16FNO4/c16-10-3-1-9(2-4-10)13-8-17(5-6-21-13)14(18)11-7-12(11)15(19)20/h1-4,11-13H,5-8H2,(H,19,20)/t11-,12+,13?/m1/s1. The molecule has 2 aliphatic rings. The first-order valence-electron chi connectivity index (χ1n) is 6.95. The SMILES string of the molecule is O=C(O)[C@H]1C[C@H]1C(=O)N1CCOC(c2ccc(F)cc2)C1. The van der Waals surface area contributed by atoms with Gasteiger partial charge in [0.05, 0.1) is 25.0 Å². The van der Waals surface area contributed by atoms with Crippen LogP contribution in [0.3, 0.4) is 0 Å². The van der Waals surface area contributed by atoms with E-state index < -0.39 is 17.8 Å². The van der Waals surface area contributed by atoms with Crippen LogP contribution in [0, 0.1) is 17.7 Å². The Morgan fingerprint density at radius 1 is 1.24 bits per heavy atom. The second-order valence-corrected chi connectivity index (χ2v) is 5.48. The van der Waals surface area contributed by atoms with E-state index in [4.69, 9.17) is 9.84 Å². The van der Waals surface area contributed by atoms with E-state index >= 15 is 0 Å². The van der Waals surface area contributed by atoms with E-state index in [-0.39, 0.29) is 17.8 Å². The zero-order valence-corrected chi connectivity index (χ0v) is 11.4. The smallest absolute Gasteiger partial charge is 0.307 e. The van der Waals surface area contributed by atoms with E-state index in [9.17, 15) is 14.0 Å². The van der Waals surface area contributed by atoms with Crippen LogP contribution in [-0.2, 0) is 14.3 Å². The number of carbonyl (C=O) groups excluding carboxylic acids is 1. The zero-order chi connectivity index (χ0) is 15.0. The highest BCUT2D eigenvalue weighted by Crippen LogP contribution is 2.40. The fourth-order valence-corrected chi connectivity index (χ4v) is 2.70. The fourth-order valence-electron chi connectivity index (χ4n) is 2.70. The molecule has 2 fully saturated rings. The molecule has 0 radical (unpaired) electrons. The molecule has 3 rings (SSSR count). The summed E-state index contributed by atoms with van der Waals surface area (Å²) in [5, 5.41) is 8.90. The maximum Gasteiger partial charge on any atom is 0.307 e. The van der Waals surface area contributed by atoms with Crippen LogP contribution >= 0.6 is 0 Å². The summed E-state index contributed by atoms with van der Waals surface area (Å²) >= 11 is 0. The van der Waals surface area contributed by atoms with Crippen molar-refractivity contribution in [2.75, 3.05) is 19.7 Å². The van der Waals surface area contributed by atoms with Gasteiger partial charge in [0.1, 0.15) is 11.9 Å². The molecule has 3 atom stereocenters. The first kappa shape index (κ1) is 14.0. The molecule has 1 amide bonds. The summed E-state index contributed by atoms with van der Waals surface area (Å²) in [6, 6.07) is 6.01. The monoisotopic (exact) mass is 293 g/mol. The normalized spacial score (nSPS) is 28.2. The third kappa shape index (κ3) is 2.90. The number of aliphatic carboxylic acids is 1. The highest BCUT2D eigenvalue weighted by Gasteiger charge is 2.50. The molecule has 5 nitrogen and oxygen atoms in total. The minimum atomic E-state index is -0.906. The number of hydrogen-bond donors (Lipinski definition) is 1. The Hall–Kier alpha value is -1.95. The topological polar surface area (TPSA) is 66.8 Å². The van der Waals surface area contributed by atoms with Crippen molar-refractivity contribution in [2.45, 2.75) is 12.5 Å². The van der Waals surface area contributed by atoms with Gasteiger partial charge < -0.3 is 14.7 Å². The van der Waals surface area contributed by atoms with Gasteiger partial charge in [-0.1, -0.05) is 12.1 Å². The van der Waals surface area contributed by atoms with Crippen LogP contribution in [0.2, 0.25) is 0 Å². The highest BCUT2D eigenvalue weighted by molar-refractivity contribution is 5.89. The summed E-state index contributed by atoms with van der Waals surface area (Å²) in [4.78, 5) is 24.8. The Labute approximate surface area is 121 Å². The Morgan fingerprint density at radius 3 is 2.57 bits per heavy atom. The van der Waals surface area contributed by atoms with Crippen molar-refractivity contribution in [3.05, 3.63) is 35.6 Å². The molecule has 21 heavy (non-hydrogen) atoms. The molecule has 0 aromatic heterocycles. The summed E-state index contributed by atoms with van der Waals surface area (Å²) in [5.41, 5.74) is 0.819. The highest BCUT2D eigenvalue weighted by atomic mass is 19.1. The van der Waals surface area contributed by atoms with Gasteiger partial charge >= 0.3 is 5.97 Å². The Kier molecular flexibility index (Phi) is 3.63. The summed E-state index contributed by atoms with van der Waals surface area (Å²) in [5.74, 6) is -2.27. The fraction of sp³-hybridized carbons (Fsp3) is 0.467. The van der Waals surface area contributed by atoms with Crippen molar-refractivity contribution in [3.8, 4) is 0 Å². The first-order chi connectivity index (χ1) is 10.1. The van der Waals surface area contributed by atoms with E-state index in [1.807, 2.05) is 0 Å². The van der Waals surface area contributed by atoms with Gasteiger partial charge in [-0.25, -0.2) is 4.39 Å². The molecule has 1 aliphatic carbocycles. The number of carbonyl (C=O) groups is 2. The zero-order valence-electron chi connectivity index (χ0n) is 11.4. The Morgan fingerprint density at radius 2 is 1.95 bits per heavy atom. The summed E-state index contributed by atoms with van der Waals surface area (Å²) in [6.07, 6.45) is 0.137. The molecule has 112 valence electrons. The third-order valence-corrected chi connectivity index (χ3v) is 4.04. The number of carboxylic acids is 1. The van der Waals surface area contributed by atoms with Gasteiger partial charge in [0.2, 0.25) is 5.91 Å². The van der Waals surface area contributed by atoms with Crippen LogP contribution in [0.5, 0.6) is 0 Å². The van der Waals surface area contributed by atoms with Gasteiger partial charge in [-0.15, -0.1) is 0 Å². The number of ether oxygens (including phenoxy) is 1. The molecular weight excluding hydrogens is 277 g/mol. The molecule has 0 bridgehead atoms. The van der Waals surface area contributed by atoms with Crippen molar-refractivity contribution in [2.24, 2.45) is 11.8 Å². The van der Waals surface area contributed by atoms with Crippen LogP contribution < -0.4 is 0 Å². The maximum atomic E-state index is 12.9. The minimum absolute atomic E-state index is 0.113. The Balaban J connectivity index is 1.65. The number of rotatable bonds is 3. The van der Waals surface area contributed by atoms with Crippen LogP contribution in [0.1, 0.15) is 18.1 Å². The first-order valence-corrected chi connectivity index (χ1v) is 6.95. The van der Waals surface area contributed by atoms with Crippen molar-refractivity contribution in [1.29, 1.82) is 0 Å². The predicted molar refractivity (Wildman–Crippen MR) is 70.9 cm³/mol. The van der Waals surface area contributed by atoms with Crippen LogP contribution in [0.25, 0.3) is 0 Å². The van der Waals surface area contributed by atoms with Crippen molar-refractivity contribution < 1.29 is 23.8 Å². The van der Waals surface area contributed by atoms with Gasteiger partial charge in [0.25, 0.3) is 0 Å². The van der Waals surface area contributed by atoms with Crippen LogP contribution in [-0.4, -0.2) is 41.6 Å². The van der Waals surface area contributed by atoms with Crippen LogP contribution in [0.4, 0.5) is 4.39 Å². The molecule has 1 saturated heterocycles. The molecule has 1 aromatic rings. The quantitative estimate of drug-likeness (QED) is 0.916. The molecule has 1 N–H and O–H groups in total. The van der Waals surface area contributed by atoms with Gasteiger partial charge in [0.15, 0.2) is 0 Å². The number of morpholine rings is 1. The molecular formula is C15H16FNO4. The van der Waals surface area contributed by atoms with E-state index in [2.05, 4.69) is 0 Å². The predicted octanol–water partition coefficient (Wildman–Crippen LogP) is 1.45. The molecule has 6 heteroatoms. The van der Waals surface area contributed by atoms with E-state index in [1.165, 1.54) is 12.1 Å². The maximum absolute atomic E-state index is 12.9. The molecule has 1 heterocycles. The van der Waals surface area contributed by atoms with E-state index in [1.54, 1.807) is 17.0 Å². The lowest BCUT2D eigenvalue weighted by molar-refractivity contribution is -0.145. The van der Waals surface area contributed by atoms with E-state index in [0.29, 0.717) is 26.1 Å². The number of amides is 1. The van der Waals surface area contributed by atoms with Crippen LogP contribution in [0.15, 0.2) is 24.3 Å². The Bertz CT molecular complexity index is 559. The summed E-state index contributed by atoms with van der Waals surface area (Å²) in [6.45, 7) is 1.25. The average molecular weight is 293 g/mol. The number of benzene rings is 1. The van der Waals surface area contributed by atoms with E-state index in [0.717, 1.165) is 5.56 Å². The lowest BCUT2D eigenvalue weighted by Crippen LogP contribution is -2.43. The average Bonchev–Trinajstić information content (AvgIpc) is 3.28. The van der Waals surface area contributed by atoms with Gasteiger partial charge in [-0.05, 0) is 24.1 Å². The van der Waals surface area contributed by atoms with Gasteiger partial charge in [0, 0.05) is 6.54 Å². The molecule has 0 spiro atoms. The second kappa shape index (κ2) is 5.44. The van der Waals surface area contributed by atoms with Gasteiger partial charge in [-0.2, -0.15) is 0 Å². The third-order valence-electron chi connectivity index (χ3n) is 4.04. The van der Waals surface area contributed by atoms with Gasteiger partial charge in [-0.3, -0.25) is 9.59 Å². The van der Waals surface area contributed by atoms with Crippen molar-refractivity contribution >= 4 is 11.9 Å². The largest absolute Gasteiger partial charge is 0.481 e. The number of hydrogen-bond acceptors (Lipinski definition) is 3. The second-order valence-electron chi connectivity index (χ2n) is 5.48. The minimum Gasteiger partial charge on any atom is -0.481 e. The lowest BCUT2D eigenvalue weighted by atomic mass is 10.1. The molecule has 1 aliphatic heterocycles. The molecule has 1 saturated carbocycles. The lowest BCUT2D eigenvalue weighted by Gasteiger charge is -2.33. The summed E-state index contributed by atoms with van der Waals surface area (Å²) in [7, 11) is 0. The molecule has 1 unspecified atom stereocenters. The molecule has 1 aromatic carbocycles.